The summed E-state index contributed by atoms with van der Waals surface area (Å²) in [5.74, 6) is -0.599. The summed E-state index contributed by atoms with van der Waals surface area (Å²) >= 11 is 0. The molecule has 1 aliphatic heterocycles. The van der Waals surface area contributed by atoms with Gasteiger partial charge in [-0.3, -0.25) is 14.4 Å². The molecule has 1 aromatic heterocycles. The first-order valence-electron chi connectivity index (χ1n) is 9.76. The molecule has 7 heteroatoms. The minimum Gasteiger partial charge on any atom is -0.364 e. The maximum Gasteiger partial charge on any atom is 0.267 e. The van der Waals surface area contributed by atoms with Crippen molar-refractivity contribution >= 4 is 23.4 Å². The highest BCUT2D eigenvalue weighted by Gasteiger charge is 2.39. The van der Waals surface area contributed by atoms with Crippen molar-refractivity contribution in [1.82, 2.24) is 9.88 Å². The van der Waals surface area contributed by atoms with Gasteiger partial charge in [-0.1, -0.05) is 26.0 Å². The standard InChI is InChI=1S/C22H24N4O3/c1-11-7-19(11)26(3)22(29)13-8-17(24-18(9-13)21(23)28)12(2)14-5-4-6-16-15(14)10-20(27)25-16/h4-6,8-9,11-12,19H,7,10H2,1-3H3,(H2,23,28)(H,25,27)/t11-,12?,19-/m0/s1. The van der Waals surface area contributed by atoms with E-state index in [-0.39, 0.29) is 29.5 Å². The average Bonchev–Trinajstić information content (AvgIpc) is 3.30. The van der Waals surface area contributed by atoms with Gasteiger partial charge in [0.2, 0.25) is 5.91 Å². The van der Waals surface area contributed by atoms with Crippen molar-refractivity contribution in [3.05, 3.63) is 58.4 Å². The molecule has 29 heavy (non-hydrogen) atoms. The first-order valence-corrected chi connectivity index (χ1v) is 9.76. The van der Waals surface area contributed by atoms with Crippen molar-refractivity contribution in [2.24, 2.45) is 11.7 Å². The van der Waals surface area contributed by atoms with Crippen LogP contribution in [0.4, 0.5) is 5.69 Å². The molecule has 2 aliphatic rings. The van der Waals surface area contributed by atoms with Gasteiger partial charge in [-0.15, -0.1) is 0 Å². The van der Waals surface area contributed by atoms with Crippen molar-refractivity contribution in [3.8, 4) is 0 Å². The maximum atomic E-state index is 13.0. The fraction of sp³-hybridized carbons (Fsp3) is 0.364. The number of hydrogen-bond donors (Lipinski definition) is 2. The van der Waals surface area contributed by atoms with E-state index in [0.29, 0.717) is 23.6 Å². The van der Waals surface area contributed by atoms with E-state index in [4.69, 9.17) is 5.73 Å². The first-order chi connectivity index (χ1) is 13.8. The number of amides is 3. The molecule has 2 aromatic rings. The van der Waals surface area contributed by atoms with E-state index in [2.05, 4.69) is 17.2 Å². The van der Waals surface area contributed by atoms with Crippen LogP contribution in [-0.4, -0.2) is 40.7 Å². The SMILES string of the molecule is CC(c1cc(C(=O)N(C)[C@H]2C[C@@H]2C)cc(C(N)=O)n1)c1cccc2c1CC(=O)N2. The Morgan fingerprint density at radius 1 is 1.31 bits per heavy atom. The number of aromatic nitrogens is 1. The van der Waals surface area contributed by atoms with Gasteiger partial charge in [-0.05, 0) is 41.7 Å². The molecule has 7 nitrogen and oxygen atoms in total. The molecule has 0 bridgehead atoms. The van der Waals surface area contributed by atoms with Crippen molar-refractivity contribution in [3.63, 3.8) is 0 Å². The fourth-order valence-electron chi connectivity index (χ4n) is 4.06. The maximum absolute atomic E-state index is 13.0. The molecule has 1 saturated carbocycles. The third-order valence-electron chi connectivity index (χ3n) is 5.96. The van der Waals surface area contributed by atoms with E-state index in [1.807, 2.05) is 25.1 Å². The summed E-state index contributed by atoms with van der Waals surface area (Å²) in [6.45, 7) is 4.06. The molecule has 3 N–H and O–H groups in total. The molecular weight excluding hydrogens is 368 g/mol. The lowest BCUT2D eigenvalue weighted by atomic mass is 9.90. The number of fused-ring (bicyclic) bond motifs is 1. The normalized spacial score (nSPS) is 20.6. The van der Waals surface area contributed by atoms with Crippen LogP contribution < -0.4 is 11.1 Å². The molecule has 150 valence electrons. The van der Waals surface area contributed by atoms with Gasteiger partial charge in [-0.25, -0.2) is 4.98 Å². The van der Waals surface area contributed by atoms with Crippen LogP contribution in [0.3, 0.4) is 0 Å². The molecule has 0 saturated heterocycles. The number of rotatable bonds is 5. The second kappa shape index (κ2) is 6.99. The van der Waals surface area contributed by atoms with Gasteiger partial charge in [0.15, 0.2) is 0 Å². The smallest absolute Gasteiger partial charge is 0.267 e. The molecule has 4 rings (SSSR count). The lowest BCUT2D eigenvalue weighted by molar-refractivity contribution is -0.115. The number of primary amides is 1. The average molecular weight is 392 g/mol. The molecular formula is C22H24N4O3. The van der Waals surface area contributed by atoms with Crippen molar-refractivity contribution in [2.45, 2.75) is 38.6 Å². The van der Waals surface area contributed by atoms with Gasteiger partial charge in [0.1, 0.15) is 5.69 Å². The summed E-state index contributed by atoms with van der Waals surface area (Å²) in [4.78, 5) is 42.8. The Morgan fingerprint density at radius 2 is 2.03 bits per heavy atom. The Morgan fingerprint density at radius 3 is 2.69 bits per heavy atom. The van der Waals surface area contributed by atoms with E-state index in [1.165, 1.54) is 6.07 Å². The van der Waals surface area contributed by atoms with Crippen LogP contribution in [0.2, 0.25) is 0 Å². The van der Waals surface area contributed by atoms with E-state index in [9.17, 15) is 14.4 Å². The molecule has 3 amide bonds. The quantitative estimate of drug-likeness (QED) is 0.814. The van der Waals surface area contributed by atoms with Gasteiger partial charge >= 0.3 is 0 Å². The number of hydrogen-bond acceptors (Lipinski definition) is 4. The Kier molecular flexibility index (Phi) is 4.61. The Labute approximate surface area is 169 Å². The zero-order valence-electron chi connectivity index (χ0n) is 16.7. The van der Waals surface area contributed by atoms with Crippen LogP contribution in [0.15, 0.2) is 30.3 Å². The third-order valence-corrected chi connectivity index (χ3v) is 5.96. The molecule has 1 fully saturated rings. The number of carbonyl (C=O) groups is 3. The molecule has 0 spiro atoms. The zero-order chi connectivity index (χ0) is 20.9. The van der Waals surface area contributed by atoms with Gasteiger partial charge in [0, 0.05) is 36.0 Å². The summed E-state index contributed by atoms with van der Waals surface area (Å²) in [6, 6.07) is 9.11. The first kappa shape index (κ1) is 19.1. The summed E-state index contributed by atoms with van der Waals surface area (Å²) in [6.07, 6.45) is 1.29. The van der Waals surface area contributed by atoms with E-state index in [1.54, 1.807) is 18.0 Å². The lowest BCUT2D eigenvalue weighted by Crippen LogP contribution is -2.30. The largest absolute Gasteiger partial charge is 0.364 e. The highest BCUT2D eigenvalue weighted by molar-refractivity contribution is 6.00. The molecule has 2 heterocycles. The highest BCUT2D eigenvalue weighted by Crippen LogP contribution is 2.36. The monoisotopic (exact) mass is 392 g/mol. The minimum atomic E-state index is -0.675. The van der Waals surface area contributed by atoms with Gasteiger partial charge in [-0.2, -0.15) is 0 Å². The zero-order valence-corrected chi connectivity index (χ0v) is 16.7. The number of nitrogens with one attached hydrogen (secondary N) is 1. The van der Waals surface area contributed by atoms with E-state index < -0.39 is 5.91 Å². The van der Waals surface area contributed by atoms with Crippen molar-refractivity contribution in [2.75, 3.05) is 12.4 Å². The minimum absolute atomic E-state index is 0.0467. The molecule has 0 radical (unpaired) electrons. The lowest BCUT2D eigenvalue weighted by Gasteiger charge is -2.20. The Hall–Kier alpha value is -3.22. The summed E-state index contributed by atoms with van der Waals surface area (Å²) in [5, 5.41) is 2.85. The summed E-state index contributed by atoms with van der Waals surface area (Å²) < 4.78 is 0. The number of pyridine rings is 1. The predicted octanol–water partition coefficient (Wildman–Crippen LogP) is 2.31. The number of benzene rings is 1. The van der Waals surface area contributed by atoms with Crippen LogP contribution in [0.5, 0.6) is 0 Å². The molecule has 1 aromatic carbocycles. The molecule has 3 atom stereocenters. The van der Waals surface area contributed by atoms with Crippen LogP contribution in [0.25, 0.3) is 0 Å². The van der Waals surface area contributed by atoms with Crippen LogP contribution in [0, 0.1) is 5.92 Å². The second-order valence-electron chi connectivity index (χ2n) is 8.05. The second-order valence-corrected chi connectivity index (χ2v) is 8.05. The van der Waals surface area contributed by atoms with Gasteiger partial charge < -0.3 is 16.0 Å². The number of anilines is 1. The number of nitrogens with zero attached hydrogens (tertiary/aromatic N) is 2. The van der Waals surface area contributed by atoms with Crippen LogP contribution in [0.1, 0.15) is 63.9 Å². The topological polar surface area (TPSA) is 105 Å². The fourth-order valence-corrected chi connectivity index (χ4v) is 4.06. The predicted molar refractivity (Wildman–Crippen MR) is 109 cm³/mol. The highest BCUT2D eigenvalue weighted by atomic mass is 16.2. The molecule has 1 aliphatic carbocycles. The van der Waals surface area contributed by atoms with E-state index in [0.717, 1.165) is 23.2 Å². The van der Waals surface area contributed by atoms with Gasteiger partial charge in [0.05, 0.1) is 6.42 Å². The third kappa shape index (κ3) is 3.48. The van der Waals surface area contributed by atoms with Crippen molar-refractivity contribution in [1.29, 1.82) is 0 Å². The number of nitrogens with two attached hydrogens (primary N) is 1. The van der Waals surface area contributed by atoms with E-state index >= 15 is 0 Å². The Bertz CT molecular complexity index is 1030. The van der Waals surface area contributed by atoms with Crippen LogP contribution >= 0.6 is 0 Å². The summed E-state index contributed by atoms with van der Waals surface area (Å²) in [5.41, 5.74) is 9.20. The van der Waals surface area contributed by atoms with Crippen LogP contribution in [-0.2, 0) is 11.2 Å². The number of carbonyl (C=O) groups excluding carboxylic acids is 3. The Balaban J connectivity index is 1.73. The molecule has 1 unspecified atom stereocenters. The summed E-state index contributed by atoms with van der Waals surface area (Å²) in [7, 11) is 1.78. The van der Waals surface area contributed by atoms with Gasteiger partial charge in [0.25, 0.3) is 11.8 Å². The van der Waals surface area contributed by atoms with Crippen molar-refractivity contribution < 1.29 is 14.4 Å².